The highest BCUT2D eigenvalue weighted by Gasteiger charge is 2.41. The minimum atomic E-state index is -0.558. The molecule has 0 amide bonds. The van der Waals surface area contributed by atoms with Gasteiger partial charge in [-0.1, -0.05) is 6.92 Å². The molecule has 1 aliphatic rings. The van der Waals surface area contributed by atoms with Crippen LogP contribution in [0, 0.1) is 12.8 Å². The maximum atomic E-state index is 12.9. The van der Waals surface area contributed by atoms with Crippen LogP contribution in [0.1, 0.15) is 57.8 Å². The lowest BCUT2D eigenvalue weighted by molar-refractivity contribution is -0.149. The molecule has 0 radical (unpaired) electrons. The first-order valence-corrected chi connectivity index (χ1v) is 8.21. The van der Waals surface area contributed by atoms with Crippen molar-refractivity contribution in [3.05, 3.63) is 17.5 Å². The Morgan fingerprint density at radius 1 is 1.43 bits per heavy atom. The molecular weight excluding hydrogens is 264 g/mol. The van der Waals surface area contributed by atoms with Crippen molar-refractivity contribution in [2.24, 2.45) is 5.92 Å². The van der Waals surface area contributed by atoms with Crippen molar-refractivity contribution in [1.29, 1.82) is 0 Å². The summed E-state index contributed by atoms with van der Waals surface area (Å²) >= 11 is 0. The second kappa shape index (κ2) is 6.73. The average molecular weight is 292 g/mol. The van der Waals surface area contributed by atoms with Gasteiger partial charge in [0.2, 0.25) is 0 Å². The van der Waals surface area contributed by atoms with Crippen LogP contribution in [0.15, 0.2) is 6.07 Å². The number of aromatic nitrogens is 2. The van der Waals surface area contributed by atoms with Gasteiger partial charge in [-0.05, 0) is 58.4 Å². The first-order chi connectivity index (χ1) is 10.0. The number of carbonyl (C=O) groups excluding carboxylic acids is 1. The number of carbonyl (C=O) groups is 1. The van der Waals surface area contributed by atoms with Crippen molar-refractivity contribution in [2.75, 3.05) is 6.61 Å². The number of hydrogen-bond donors (Lipinski definition) is 0. The van der Waals surface area contributed by atoms with Crippen molar-refractivity contribution in [3.63, 3.8) is 0 Å². The molecule has 0 unspecified atom stereocenters. The van der Waals surface area contributed by atoms with Crippen LogP contribution in [0.2, 0.25) is 0 Å². The van der Waals surface area contributed by atoms with Gasteiger partial charge in [-0.3, -0.25) is 9.48 Å². The summed E-state index contributed by atoms with van der Waals surface area (Å²) in [6.45, 7) is 9.67. The normalized spacial score (nSPS) is 26.0. The van der Waals surface area contributed by atoms with E-state index in [0.29, 0.717) is 18.9 Å². The van der Waals surface area contributed by atoms with Gasteiger partial charge >= 0.3 is 0 Å². The molecule has 0 atom stereocenters. The van der Waals surface area contributed by atoms with Gasteiger partial charge in [0.15, 0.2) is 5.78 Å². The van der Waals surface area contributed by atoms with E-state index in [1.165, 1.54) is 0 Å². The largest absolute Gasteiger partial charge is 0.367 e. The molecule has 1 saturated carbocycles. The molecular formula is C17H28N2O2. The maximum absolute atomic E-state index is 12.9. The molecule has 118 valence electrons. The molecule has 2 rings (SSSR count). The fourth-order valence-electron chi connectivity index (χ4n) is 3.35. The smallest absolute Gasteiger partial charge is 0.170 e. The van der Waals surface area contributed by atoms with Gasteiger partial charge in [-0.25, -0.2) is 0 Å². The third kappa shape index (κ3) is 3.54. The summed E-state index contributed by atoms with van der Waals surface area (Å²) in [5.41, 5.74) is 1.43. The molecule has 1 aromatic heterocycles. The van der Waals surface area contributed by atoms with E-state index in [1.807, 2.05) is 24.6 Å². The molecule has 0 saturated heterocycles. The van der Waals surface area contributed by atoms with E-state index in [2.05, 4.69) is 18.9 Å². The summed E-state index contributed by atoms with van der Waals surface area (Å²) in [4.78, 5) is 12.9. The maximum Gasteiger partial charge on any atom is 0.170 e. The fraction of sp³-hybridized carbons (Fsp3) is 0.765. The zero-order valence-electron chi connectivity index (χ0n) is 13.8. The number of Topliss-reactive ketones (excluding diaryl/α,β-unsaturated/α-hetero) is 1. The quantitative estimate of drug-likeness (QED) is 0.808. The second-order valence-corrected chi connectivity index (χ2v) is 6.30. The van der Waals surface area contributed by atoms with Crippen LogP contribution in [0.5, 0.6) is 0 Å². The molecule has 4 nitrogen and oxygen atoms in total. The van der Waals surface area contributed by atoms with Crippen LogP contribution < -0.4 is 0 Å². The molecule has 0 aromatic carbocycles. The lowest BCUT2D eigenvalue weighted by Gasteiger charge is -2.37. The predicted octanol–water partition coefficient (Wildman–Crippen LogP) is 3.31. The van der Waals surface area contributed by atoms with Crippen LogP contribution in [-0.4, -0.2) is 27.8 Å². The number of ether oxygens (including phenoxy) is 1. The van der Waals surface area contributed by atoms with Crippen LogP contribution >= 0.6 is 0 Å². The van der Waals surface area contributed by atoms with Gasteiger partial charge in [-0.2, -0.15) is 5.10 Å². The Hall–Kier alpha value is -1.16. The monoisotopic (exact) mass is 292 g/mol. The van der Waals surface area contributed by atoms with Crippen molar-refractivity contribution in [2.45, 2.75) is 71.9 Å². The summed E-state index contributed by atoms with van der Waals surface area (Å²) in [6.07, 6.45) is 4.32. The number of aryl methyl sites for hydroxylation is 2. The van der Waals surface area contributed by atoms with Crippen molar-refractivity contribution in [3.8, 4) is 0 Å². The Kier molecular flexibility index (Phi) is 5.20. The van der Waals surface area contributed by atoms with Crippen LogP contribution in [-0.2, 0) is 22.5 Å². The van der Waals surface area contributed by atoms with E-state index in [1.54, 1.807) is 0 Å². The van der Waals surface area contributed by atoms with Crippen molar-refractivity contribution in [1.82, 2.24) is 9.78 Å². The molecule has 1 aliphatic carbocycles. The fourth-order valence-corrected chi connectivity index (χ4v) is 3.35. The number of rotatable bonds is 6. The molecule has 0 spiro atoms. The Morgan fingerprint density at radius 2 is 2.10 bits per heavy atom. The molecule has 21 heavy (non-hydrogen) atoms. The number of ketones is 1. The highest BCUT2D eigenvalue weighted by Crippen LogP contribution is 2.36. The second-order valence-electron chi connectivity index (χ2n) is 6.30. The first-order valence-electron chi connectivity index (χ1n) is 8.21. The number of nitrogens with zero attached hydrogens (tertiary/aromatic N) is 2. The minimum Gasteiger partial charge on any atom is -0.367 e. The third-order valence-corrected chi connectivity index (χ3v) is 4.64. The van der Waals surface area contributed by atoms with Crippen LogP contribution in [0.4, 0.5) is 0 Å². The molecule has 0 bridgehead atoms. The summed E-state index contributed by atoms with van der Waals surface area (Å²) in [5, 5.41) is 4.43. The topological polar surface area (TPSA) is 44.1 Å². The summed E-state index contributed by atoms with van der Waals surface area (Å²) < 4.78 is 7.88. The van der Waals surface area contributed by atoms with E-state index in [-0.39, 0.29) is 5.78 Å². The molecule has 1 heterocycles. The summed E-state index contributed by atoms with van der Waals surface area (Å²) in [5.74, 6) is 0.931. The average Bonchev–Trinajstić information content (AvgIpc) is 2.81. The van der Waals surface area contributed by atoms with Crippen molar-refractivity contribution >= 4 is 5.78 Å². The molecule has 1 aromatic rings. The van der Waals surface area contributed by atoms with Gasteiger partial charge in [-0.15, -0.1) is 0 Å². The highest BCUT2D eigenvalue weighted by atomic mass is 16.5. The molecule has 0 aliphatic heterocycles. The summed E-state index contributed by atoms with van der Waals surface area (Å²) in [6, 6.07) is 2.02. The third-order valence-electron chi connectivity index (χ3n) is 4.64. The molecule has 1 fully saturated rings. The van der Waals surface area contributed by atoms with Gasteiger partial charge in [0.25, 0.3) is 0 Å². The lowest BCUT2D eigenvalue weighted by atomic mass is 9.76. The van der Waals surface area contributed by atoms with E-state index in [4.69, 9.17) is 4.74 Å². The zero-order valence-corrected chi connectivity index (χ0v) is 13.8. The summed E-state index contributed by atoms with van der Waals surface area (Å²) in [7, 11) is 0. The predicted molar refractivity (Wildman–Crippen MR) is 83.3 cm³/mol. The van der Waals surface area contributed by atoms with Crippen LogP contribution in [0.25, 0.3) is 0 Å². The van der Waals surface area contributed by atoms with Crippen LogP contribution in [0.3, 0.4) is 0 Å². The minimum absolute atomic E-state index is 0.228. The Morgan fingerprint density at radius 3 is 2.67 bits per heavy atom. The lowest BCUT2D eigenvalue weighted by Crippen LogP contribution is -2.45. The van der Waals surface area contributed by atoms with Gasteiger partial charge in [0.05, 0.1) is 12.1 Å². The molecule has 4 heteroatoms. The number of hydrogen-bond acceptors (Lipinski definition) is 3. The zero-order chi connectivity index (χ0) is 15.5. The Bertz CT molecular complexity index is 485. The van der Waals surface area contributed by atoms with Gasteiger partial charge in [0.1, 0.15) is 5.60 Å². The van der Waals surface area contributed by atoms with E-state index < -0.39 is 5.60 Å². The van der Waals surface area contributed by atoms with Gasteiger partial charge < -0.3 is 4.74 Å². The Labute approximate surface area is 127 Å². The van der Waals surface area contributed by atoms with Crippen molar-refractivity contribution < 1.29 is 9.53 Å². The SMILES string of the molecule is CCOC1(C(=O)Cc2cc(C)nn2CC)CCC(C)CC1. The standard InChI is InChI=1S/C17H28N2O2/c1-5-19-15(11-14(4)18-19)12-16(20)17(21-6-2)9-7-13(3)8-10-17/h11,13H,5-10,12H2,1-4H3. The van der Waals surface area contributed by atoms with E-state index >= 15 is 0 Å². The van der Waals surface area contributed by atoms with E-state index in [0.717, 1.165) is 43.6 Å². The highest BCUT2D eigenvalue weighted by molar-refractivity contribution is 5.89. The first kappa shape index (κ1) is 16.2. The Balaban J connectivity index is 2.15. The van der Waals surface area contributed by atoms with Gasteiger partial charge in [0, 0.05) is 18.8 Å². The van der Waals surface area contributed by atoms with E-state index in [9.17, 15) is 4.79 Å². The molecule has 0 N–H and O–H groups in total.